The van der Waals surface area contributed by atoms with Gasteiger partial charge in [-0.1, -0.05) is 24.3 Å². The average molecular weight is 382 g/mol. The van der Waals surface area contributed by atoms with Crippen molar-refractivity contribution in [1.29, 1.82) is 0 Å². The monoisotopic (exact) mass is 382 g/mol. The van der Waals surface area contributed by atoms with Crippen LogP contribution in [0.3, 0.4) is 0 Å². The fourth-order valence-electron chi connectivity index (χ4n) is 3.82. The molecular weight excluding hydrogens is 356 g/mol. The molecule has 0 bridgehead atoms. The Morgan fingerprint density at radius 2 is 1.89 bits per heavy atom. The fourth-order valence-corrected chi connectivity index (χ4v) is 3.82. The van der Waals surface area contributed by atoms with Gasteiger partial charge in [0.25, 0.3) is 0 Å². The quantitative estimate of drug-likeness (QED) is 0.721. The van der Waals surface area contributed by atoms with Gasteiger partial charge in [-0.3, -0.25) is 15.2 Å². The predicted molar refractivity (Wildman–Crippen MR) is 104 cm³/mol. The molecule has 2 fully saturated rings. The highest BCUT2D eigenvalue weighted by Gasteiger charge is 2.39. The molecule has 7 nitrogen and oxygen atoms in total. The highest BCUT2D eigenvalue weighted by Crippen LogP contribution is 2.31. The van der Waals surface area contributed by atoms with Crippen LogP contribution in [0.5, 0.6) is 5.75 Å². The molecule has 0 radical (unpaired) electrons. The second-order valence-electron chi connectivity index (χ2n) is 7.47. The molecule has 2 unspecified atom stereocenters. The van der Waals surface area contributed by atoms with Gasteiger partial charge in [-0.15, -0.1) is 0 Å². The SMILES string of the molecule is O=C(C1CC(COc2ccccc2)NN1)N1CCC(O)(c2ccccn2)CC1. The first-order chi connectivity index (χ1) is 13.6. The van der Waals surface area contributed by atoms with Crippen LogP contribution in [0, 0.1) is 0 Å². The number of pyridine rings is 1. The van der Waals surface area contributed by atoms with Crippen molar-refractivity contribution in [3.05, 3.63) is 60.4 Å². The van der Waals surface area contributed by atoms with Crippen molar-refractivity contribution >= 4 is 5.91 Å². The number of amides is 1. The first-order valence-corrected chi connectivity index (χ1v) is 9.76. The molecular formula is C21H26N4O3. The standard InChI is InChI=1S/C21H26N4O3/c26-20(18-14-16(23-24-18)15-28-17-6-2-1-3-7-17)25-12-9-21(27,10-13-25)19-8-4-5-11-22-19/h1-8,11,16,18,23-24,27H,9-10,12-15H2. The summed E-state index contributed by atoms with van der Waals surface area (Å²) in [5, 5.41) is 10.9. The van der Waals surface area contributed by atoms with Gasteiger partial charge in [0.1, 0.15) is 24.0 Å². The van der Waals surface area contributed by atoms with Gasteiger partial charge >= 0.3 is 0 Å². The summed E-state index contributed by atoms with van der Waals surface area (Å²) in [5.41, 5.74) is 5.98. The molecule has 7 heteroatoms. The van der Waals surface area contributed by atoms with Crippen LogP contribution < -0.4 is 15.6 Å². The predicted octanol–water partition coefficient (Wildman–Crippen LogP) is 1.21. The fraction of sp³-hybridized carbons (Fsp3) is 0.429. The number of ether oxygens (including phenoxy) is 1. The Bertz CT molecular complexity index is 779. The largest absolute Gasteiger partial charge is 0.492 e. The second-order valence-corrected chi connectivity index (χ2v) is 7.47. The molecule has 3 N–H and O–H groups in total. The summed E-state index contributed by atoms with van der Waals surface area (Å²) in [6, 6.07) is 15.0. The second kappa shape index (κ2) is 8.26. The zero-order valence-corrected chi connectivity index (χ0v) is 15.8. The summed E-state index contributed by atoms with van der Waals surface area (Å²) in [5.74, 6) is 0.890. The molecule has 2 aliphatic rings. The number of nitrogens with one attached hydrogen (secondary N) is 2. The third-order valence-corrected chi connectivity index (χ3v) is 5.52. The van der Waals surface area contributed by atoms with E-state index in [1.54, 1.807) is 6.20 Å². The van der Waals surface area contributed by atoms with E-state index in [2.05, 4.69) is 15.8 Å². The maximum Gasteiger partial charge on any atom is 0.241 e. The van der Waals surface area contributed by atoms with E-state index in [0.717, 1.165) is 5.75 Å². The molecule has 1 aromatic heterocycles. The van der Waals surface area contributed by atoms with Crippen LogP contribution in [0.25, 0.3) is 0 Å². The van der Waals surface area contributed by atoms with Gasteiger partial charge in [0.05, 0.1) is 11.7 Å². The zero-order chi connectivity index (χ0) is 19.4. The lowest BCUT2D eigenvalue weighted by Gasteiger charge is -2.38. The molecule has 28 heavy (non-hydrogen) atoms. The summed E-state index contributed by atoms with van der Waals surface area (Å²) in [7, 11) is 0. The van der Waals surface area contributed by atoms with Crippen molar-refractivity contribution in [2.75, 3.05) is 19.7 Å². The third-order valence-electron chi connectivity index (χ3n) is 5.52. The first-order valence-electron chi connectivity index (χ1n) is 9.76. The minimum Gasteiger partial charge on any atom is -0.492 e. The van der Waals surface area contributed by atoms with Crippen molar-refractivity contribution in [1.82, 2.24) is 20.7 Å². The summed E-state index contributed by atoms with van der Waals surface area (Å²) in [6.07, 6.45) is 3.36. The molecule has 2 saturated heterocycles. The van der Waals surface area contributed by atoms with Crippen LogP contribution in [0.15, 0.2) is 54.7 Å². The molecule has 1 amide bonds. The Labute approximate surface area is 164 Å². The normalized spacial score (nSPS) is 24.1. The number of rotatable bonds is 5. The summed E-state index contributed by atoms with van der Waals surface area (Å²) < 4.78 is 5.77. The number of likely N-dealkylation sites (tertiary alicyclic amines) is 1. The minimum atomic E-state index is -0.953. The molecule has 0 spiro atoms. The Balaban J connectivity index is 1.27. The van der Waals surface area contributed by atoms with Gasteiger partial charge in [-0.05, 0) is 43.5 Å². The topological polar surface area (TPSA) is 86.7 Å². The van der Waals surface area contributed by atoms with Gasteiger partial charge in [0, 0.05) is 19.3 Å². The molecule has 0 saturated carbocycles. The maximum absolute atomic E-state index is 12.9. The number of nitrogens with zero attached hydrogens (tertiary/aromatic N) is 2. The van der Waals surface area contributed by atoms with Crippen LogP contribution in [0.4, 0.5) is 0 Å². The molecule has 3 heterocycles. The average Bonchev–Trinajstić information content (AvgIpc) is 3.23. The number of carbonyl (C=O) groups excluding carboxylic acids is 1. The van der Waals surface area contributed by atoms with E-state index in [0.29, 0.717) is 44.7 Å². The highest BCUT2D eigenvalue weighted by atomic mass is 16.5. The number of benzene rings is 1. The Hall–Kier alpha value is -2.48. The molecule has 148 valence electrons. The molecule has 2 aromatic rings. The number of para-hydroxylation sites is 1. The number of carbonyl (C=O) groups is 1. The molecule has 2 aliphatic heterocycles. The summed E-state index contributed by atoms with van der Waals surface area (Å²) in [4.78, 5) is 19.0. The number of piperidine rings is 1. The van der Waals surface area contributed by atoms with E-state index in [1.165, 1.54) is 0 Å². The summed E-state index contributed by atoms with van der Waals surface area (Å²) >= 11 is 0. The Morgan fingerprint density at radius 3 is 2.61 bits per heavy atom. The smallest absolute Gasteiger partial charge is 0.241 e. The lowest BCUT2D eigenvalue weighted by Crippen LogP contribution is -2.51. The van der Waals surface area contributed by atoms with Gasteiger partial charge < -0.3 is 14.7 Å². The van der Waals surface area contributed by atoms with Crippen molar-refractivity contribution in [3.8, 4) is 5.75 Å². The van der Waals surface area contributed by atoms with Gasteiger partial charge in [-0.25, -0.2) is 5.43 Å². The van der Waals surface area contributed by atoms with E-state index in [-0.39, 0.29) is 18.0 Å². The van der Waals surface area contributed by atoms with Crippen molar-refractivity contribution in [2.45, 2.75) is 36.9 Å². The van der Waals surface area contributed by atoms with Crippen LogP contribution in [0.1, 0.15) is 25.0 Å². The van der Waals surface area contributed by atoms with E-state index in [4.69, 9.17) is 4.74 Å². The number of hydrogen-bond acceptors (Lipinski definition) is 6. The minimum absolute atomic E-state index is 0.0674. The van der Waals surface area contributed by atoms with Gasteiger partial charge in [-0.2, -0.15) is 0 Å². The van der Waals surface area contributed by atoms with Crippen LogP contribution in [0.2, 0.25) is 0 Å². The van der Waals surface area contributed by atoms with Crippen molar-refractivity contribution in [2.24, 2.45) is 0 Å². The maximum atomic E-state index is 12.9. The Kier molecular flexibility index (Phi) is 5.57. The van der Waals surface area contributed by atoms with Crippen LogP contribution in [-0.2, 0) is 10.4 Å². The van der Waals surface area contributed by atoms with Gasteiger partial charge in [0.2, 0.25) is 5.91 Å². The first kappa shape index (κ1) is 18.9. The van der Waals surface area contributed by atoms with E-state index in [9.17, 15) is 9.90 Å². The molecule has 1 aromatic carbocycles. The lowest BCUT2D eigenvalue weighted by atomic mass is 9.87. The Morgan fingerprint density at radius 1 is 1.14 bits per heavy atom. The number of aromatic nitrogens is 1. The van der Waals surface area contributed by atoms with E-state index < -0.39 is 5.60 Å². The van der Waals surface area contributed by atoms with Gasteiger partial charge in [0.15, 0.2) is 0 Å². The summed E-state index contributed by atoms with van der Waals surface area (Å²) in [6.45, 7) is 1.55. The number of aliphatic hydroxyl groups is 1. The zero-order valence-electron chi connectivity index (χ0n) is 15.8. The van der Waals surface area contributed by atoms with E-state index in [1.807, 2.05) is 53.4 Å². The van der Waals surface area contributed by atoms with Crippen LogP contribution in [-0.4, -0.2) is 52.7 Å². The number of hydrazine groups is 1. The van der Waals surface area contributed by atoms with E-state index >= 15 is 0 Å². The molecule has 0 aliphatic carbocycles. The molecule has 2 atom stereocenters. The lowest BCUT2D eigenvalue weighted by molar-refractivity contribution is -0.137. The van der Waals surface area contributed by atoms with Crippen molar-refractivity contribution in [3.63, 3.8) is 0 Å². The van der Waals surface area contributed by atoms with Crippen LogP contribution >= 0.6 is 0 Å². The third kappa shape index (κ3) is 4.16. The highest BCUT2D eigenvalue weighted by molar-refractivity contribution is 5.82. The molecule has 4 rings (SSSR count). The number of hydrogen-bond donors (Lipinski definition) is 3. The van der Waals surface area contributed by atoms with Crippen molar-refractivity contribution < 1.29 is 14.6 Å².